The van der Waals surface area contributed by atoms with Gasteiger partial charge in [0.1, 0.15) is 0 Å². The maximum absolute atomic E-state index is 10.3. The molecule has 0 bridgehead atoms. The van der Waals surface area contributed by atoms with Crippen molar-refractivity contribution >= 4 is 5.97 Å². The smallest absolute Gasteiger partial charge is 0.303 e. The number of hydrogen-bond donors (Lipinski definition) is 1. The van der Waals surface area contributed by atoms with E-state index in [0.29, 0.717) is 12.5 Å². The van der Waals surface area contributed by atoms with Crippen LogP contribution in [0.15, 0.2) is 12.2 Å². The standard InChI is InChI=1S/C18H32O3/c19-18(20)15-13-11-9-7-5-3-1-2-4-6-8-10-12-14-17-16-21-17/h1,3,17H,2,4-16H2,(H,19,20). The minimum absolute atomic E-state index is 0.323. The van der Waals surface area contributed by atoms with Gasteiger partial charge in [0.25, 0.3) is 0 Å². The fourth-order valence-corrected chi connectivity index (χ4v) is 2.53. The molecule has 3 nitrogen and oxygen atoms in total. The lowest BCUT2D eigenvalue weighted by Gasteiger charge is -1.99. The molecule has 0 aromatic carbocycles. The first-order chi connectivity index (χ1) is 10.3. The Morgan fingerprint density at radius 3 is 2.00 bits per heavy atom. The van der Waals surface area contributed by atoms with Gasteiger partial charge in [-0.15, -0.1) is 0 Å². The molecular formula is C18H32O3. The zero-order valence-electron chi connectivity index (χ0n) is 13.4. The largest absolute Gasteiger partial charge is 0.481 e. The Bertz CT molecular complexity index is 282. The zero-order chi connectivity index (χ0) is 15.2. The molecule has 0 aliphatic carbocycles. The van der Waals surface area contributed by atoms with Gasteiger partial charge in [-0.3, -0.25) is 4.79 Å². The Morgan fingerprint density at radius 1 is 0.905 bits per heavy atom. The molecule has 21 heavy (non-hydrogen) atoms. The lowest BCUT2D eigenvalue weighted by Crippen LogP contribution is -1.93. The van der Waals surface area contributed by atoms with Gasteiger partial charge in [0.2, 0.25) is 0 Å². The van der Waals surface area contributed by atoms with Gasteiger partial charge in [0.15, 0.2) is 0 Å². The van der Waals surface area contributed by atoms with Crippen molar-refractivity contribution in [2.45, 2.75) is 89.6 Å². The summed E-state index contributed by atoms with van der Waals surface area (Å²) >= 11 is 0. The molecule has 0 amide bonds. The summed E-state index contributed by atoms with van der Waals surface area (Å²) in [4.78, 5) is 10.3. The third kappa shape index (κ3) is 13.9. The Balaban J connectivity index is 1.69. The van der Waals surface area contributed by atoms with Crippen LogP contribution in [0.2, 0.25) is 0 Å². The molecule has 1 rings (SSSR count). The van der Waals surface area contributed by atoms with Crippen molar-refractivity contribution in [3.8, 4) is 0 Å². The normalized spacial score (nSPS) is 17.4. The summed E-state index contributed by atoms with van der Waals surface area (Å²) in [6.07, 6.45) is 20.1. The number of carboxylic acids is 1. The number of aliphatic carboxylic acids is 1. The van der Waals surface area contributed by atoms with Crippen molar-refractivity contribution in [3.63, 3.8) is 0 Å². The van der Waals surface area contributed by atoms with Crippen molar-refractivity contribution in [1.82, 2.24) is 0 Å². The van der Waals surface area contributed by atoms with E-state index in [1.54, 1.807) is 0 Å². The lowest BCUT2D eigenvalue weighted by molar-refractivity contribution is -0.137. The van der Waals surface area contributed by atoms with Gasteiger partial charge < -0.3 is 9.84 Å². The van der Waals surface area contributed by atoms with E-state index in [4.69, 9.17) is 9.84 Å². The van der Waals surface area contributed by atoms with E-state index < -0.39 is 5.97 Å². The lowest BCUT2D eigenvalue weighted by atomic mass is 10.1. The van der Waals surface area contributed by atoms with Gasteiger partial charge in [-0.1, -0.05) is 50.7 Å². The second-order valence-corrected chi connectivity index (χ2v) is 6.12. The Morgan fingerprint density at radius 2 is 1.43 bits per heavy atom. The highest BCUT2D eigenvalue weighted by Crippen LogP contribution is 2.18. The molecule has 1 unspecified atom stereocenters. The van der Waals surface area contributed by atoms with Gasteiger partial charge in [0, 0.05) is 6.42 Å². The number of unbranched alkanes of at least 4 members (excludes halogenated alkanes) is 9. The molecule has 0 aromatic heterocycles. The summed E-state index contributed by atoms with van der Waals surface area (Å²) in [6.45, 7) is 1.00. The second-order valence-electron chi connectivity index (χ2n) is 6.12. The molecule has 3 heteroatoms. The molecule has 1 heterocycles. The highest BCUT2D eigenvalue weighted by atomic mass is 16.6. The highest BCUT2D eigenvalue weighted by Gasteiger charge is 2.20. The molecule has 122 valence electrons. The first-order valence-corrected chi connectivity index (χ1v) is 8.77. The van der Waals surface area contributed by atoms with Gasteiger partial charge in [-0.05, 0) is 38.5 Å². The van der Waals surface area contributed by atoms with Crippen LogP contribution < -0.4 is 0 Å². The van der Waals surface area contributed by atoms with Gasteiger partial charge in [0.05, 0.1) is 12.7 Å². The van der Waals surface area contributed by atoms with Crippen molar-refractivity contribution in [2.24, 2.45) is 0 Å². The third-order valence-corrected chi connectivity index (χ3v) is 3.98. The first kappa shape index (κ1) is 18.2. The average molecular weight is 296 g/mol. The predicted molar refractivity (Wildman–Crippen MR) is 86.5 cm³/mol. The fourth-order valence-electron chi connectivity index (χ4n) is 2.53. The summed E-state index contributed by atoms with van der Waals surface area (Å²) in [7, 11) is 0. The van der Waals surface area contributed by atoms with E-state index in [-0.39, 0.29) is 0 Å². The molecular weight excluding hydrogens is 264 g/mol. The van der Waals surface area contributed by atoms with Crippen LogP contribution in [0.25, 0.3) is 0 Å². The molecule has 1 aliphatic heterocycles. The Kier molecular flexibility index (Phi) is 11.2. The summed E-state index contributed by atoms with van der Waals surface area (Å²) in [5.74, 6) is -0.671. The molecule has 0 aromatic rings. The summed E-state index contributed by atoms with van der Waals surface area (Å²) < 4.78 is 5.20. The predicted octanol–water partition coefficient (Wildman–Crippen LogP) is 5.10. The van der Waals surface area contributed by atoms with Crippen molar-refractivity contribution in [2.75, 3.05) is 6.61 Å². The summed E-state index contributed by atoms with van der Waals surface area (Å²) in [6, 6.07) is 0. The molecule has 1 saturated heterocycles. The van der Waals surface area contributed by atoms with Gasteiger partial charge >= 0.3 is 5.97 Å². The second kappa shape index (κ2) is 12.9. The number of allylic oxidation sites excluding steroid dienone is 2. The fraction of sp³-hybridized carbons (Fsp3) is 0.833. The van der Waals surface area contributed by atoms with Crippen molar-refractivity contribution in [1.29, 1.82) is 0 Å². The van der Waals surface area contributed by atoms with E-state index in [9.17, 15) is 4.79 Å². The third-order valence-electron chi connectivity index (χ3n) is 3.98. The number of carbonyl (C=O) groups is 1. The van der Waals surface area contributed by atoms with Crippen LogP contribution in [-0.4, -0.2) is 23.8 Å². The van der Waals surface area contributed by atoms with E-state index in [2.05, 4.69) is 12.2 Å². The number of rotatable bonds is 15. The highest BCUT2D eigenvalue weighted by molar-refractivity contribution is 5.66. The van der Waals surface area contributed by atoms with E-state index >= 15 is 0 Å². The van der Waals surface area contributed by atoms with Gasteiger partial charge in [-0.2, -0.15) is 0 Å². The number of epoxide rings is 1. The quantitative estimate of drug-likeness (QED) is 0.260. The maximum Gasteiger partial charge on any atom is 0.303 e. The van der Waals surface area contributed by atoms with Crippen LogP contribution in [0.5, 0.6) is 0 Å². The van der Waals surface area contributed by atoms with Crippen LogP contribution in [0.3, 0.4) is 0 Å². The molecule has 0 saturated carbocycles. The van der Waals surface area contributed by atoms with Crippen LogP contribution in [0.1, 0.15) is 83.5 Å². The molecule has 0 spiro atoms. The maximum atomic E-state index is 10.3. The molecule has 0 radical (unpaired) electrons. The minimum Gasteiger partial charge on any atom is -0.481 e. The SMILES string of the molecule is O=C(O)CCCCCCC=CCCCCCCCC1CO1. The molecule has 1 N–H and O–H groups in total. The Labute approximate surface area is 129 Å². The first-order valence-electron chi connectivity index (χ1n) is 8.77. The topological polar surface area (TPSA) is 49.8 Å². The average Bonchev–Trinajstić information content (AvgIpc) is 3.27. The Hall–Kier alpha value is -0.830. The van der Waals surface area contributed by atoms with Crippen LogP contribution in [0.4, 0.5) is 0 Å². The number of hydrogen-bond acceptors (Lipinski definition) is 2. The van der Waals surface area contributed by atoms with E-state index in [0.717, 1.165) is 32.3 Å². The van der Waals surface area contributed by atoms with Crippen LogP contribution in [-0.2, 0) is 9.53 Å². The van der Waals surface area contributed by atoms with Crippen LogP contribution in [0, 0.1) is 0 Å². The number of ether oxygens (including phenoxy) is 1. The van der Waals surface area contributed by atoms with Crippen LogP contribution >= 0.6 is 0 Å². The minimum atomic E-state index is -0.671. The van der Waals surface area contributed by atoms with Crippen molar-refractivity contribution < 1.29 is 14.6 Å². The summed E-state index contributed by atoms with van der Waals surface area (Å²) in [5, 5.41) is 8.51. The zero-order valence-corrected chi connectivity index (χ0v) is 13.4. The molecule has 1 fully saturated rings. The number of carboxylic acid groups (broad SMARTS) is 1. The molecule has 1 atom stereocenters. The monoisotopic (exact) mass is 296 g/mol. The van der Waals surface area contributed by atoms with Gasteiger partial charge in [-0.25, -0.2) is 0 Å². The van der Waals surface area contributed by atoms with E-state index in [1.807, 2.05) is 0 Å². The van der Waals surface area contributed by atoms with Crippen molar-refractivity contribution in [3.05, 3.63) is 12.2 Å². The summed E-state index contributed by atoms with van der Waals surface area (Å²) in [5.41, 5.74) is 0. The molecule has 1 aliphatic rings. The van der Waals surface area contributed by atoms with E-state index in [1.165, 1.54) is 51.4 Å².